The van der Waals surface area contributed by atoms with Crippen molar-refractivity contribution in [2.24, 2.45) is 0 Å². The standard InChI is InChI=1S/C16H21N3O/c20-16(7-4-8-17-13-16)9-15-10-18-19(12-15)11-14-5-2-1-3-6-14/h1-3,5-6,10,12,17,20H,4,7-9,11,13H2. The van der Waals surface area contributed by atoms with Crippen LogP contribution in [-0.4, -0.2) is 33.6 Å². The molecule has 2 N–H and O–H groups in total. The summed E-state index contributed by atoms with van der Waals surface area (Å²) < 4.78 is 1.93. The zero-order valence-corrected chi connectivity index (χ0v) is 11.6. The lowest BCUT2D eigenvalue weighted by atomic mass is 9.88. The lowest BCUT2D eigenvalue weighted by molar-refractivity contribution is 0.0169. The van der Waals surface area contributed by atoms with Crippen LogP contribution in [0, 0.1) is 0 Å². The Hall–Kier alpha value is -1.65. The number of piperidine rings is 1. The second-order valence-corrected chi connectivity index (χ2v) is 5.71. The second kappa shape index (κ2) is 5.77. The lowest BCUT2D eigenvalue weighted by Crippen LogP contribution is -2.47. The molecule has 20 heavy (non-hydrogen) atoms. The largest absolute Gasteiger partial charge is 0.388 e. The van der Waals surface area contributed by atoms with Crippen LogP contribution in [-0.2, 0) is 13.0 Å². The van der Waals surface area contributed by atoms with Crippen LogP contribution in [0.4, 0.5) is 0 Å². The molecule has 2 heterocycles. The summed E-state index contributed by atoms with van der Waals surface area (Å²) in [5, 5.41) is 18.2. The van der Waals surface area contributed by atoms with Gasteiger partial charge in [0.25, 0.3) is 0 Å². The minimum absolute atomic E-state index is 0.612. The molecule has 1 aromatic carbocycles. The summed E-state index contributed by atoms with van der Waals surface area (Å²) >= 11 is 0. The number of benzene rings is 1. The first kappa shape index (κ1) is 13.3. The molecule has 0 bridgehead atoms. The van der Waals surface area contributed by atoms with E-state index in [-0.39, 0.29) is 0 Å². The van der Waals surface area contributed by atoms with Gasteiger partial charge in [0.1, 0.15) is 0 Å². The van der Waals surface area contributed by atoms with Crippen molar-refractivity contribution in [3.8, 4) is 0 Å². The monoisotopic (exact) mass is 271 g/mol. The summed E-state index contributed by atoms with van der Waals surface area (Å²) in [7, 11) is 0. The molecular weight excluding hydrogens is 250 g/mol. The number of hydrogen-bond acceptors (Lipinski definition) is 3. The van der Waals surface area contributed by atoms with Gasteiger partial charge in [0.2, 0.25) is 0 Å². The van der Waals surface area contributed by atoms with E-state index in [1.807, 2.05) is 35.3 Å². The van der Waals surface area contributed by atoms with Crippen molar-refractivity contribution in [3.63, 3.8) is 0 Å². The van der Waals surface area contributed by atoms with Crippen LogP contribution < -0.4 is 5.32 Å². The normalized spacial score (nSPS) is 22.9. The van der Waals surface area contributed by atoms with Gasteiger partial charge < -0.3 is 10.4 Å². The maximum absolute atomic E-state index is 10.5. The van der Waals surface area contributed by atoms with Crippen LogP contribution in [0.25, 0.3) is 0 Å². The number of nitrogens with zero attached hydrogens (tertiary/aromatic N) is 2. The third kappa shape index (κ3) is 3.26. The van der Waals surface area contributed by atoms with Gasteiger partial charge >= 0.3 is 0 Å². The molecule has 4 nitrogen and oxygen atoms in total. The van der Waals surface area contributed by atoms with Crippen molar-refractivity contribution in [3.05, 3.63) is 53.9 Å². The Kier molecular flexibility index (Phi) is 3.85. The predicted molar refractivity (Wildman–Crippen MR) is 78.5 cm³/mol. The number of β-amino-alcohol motifs (C(OH)–C–C–N with tert-alkyl or cyclic N) is 1. The van der Waals surface area contributed by atoms with Crippen molar-refractivity contribution in [1.82, 2.24) is 15.1 Å². The van der Waals surface area contributed by atoms with Gasteiger partial charge in [-0.1, -0.05) is 30.3 Å². The molecule has 1 unspecified atom stereocenters. The van der Waals surface area contributed by atoms with E-state index in [2.05, 4.69) is 22.5 Å². The Balaban J connectivity index is 1.65. The van der Waals surface area contributed by atoms with Crippen molar-refractivity contribution in [1.29, 1.82) is 0 Å². The molecule has 0 spiro atoms. The van der Waals surface area contributed by atoms with E-state index in [1.54, 1.807) is 0 Å². The molecule has 0 radical (unpaired) electrons. The third-order valence-electron chi connectivity index (χ3n) is 3.86. The maximum Gasteiger partial charge on any atom is 0.0813 e. The topological polar surface area (TPSA) is 50.1 Å². The molecule has 4 heteroatoms. The Labute approximate surface area is 119 Å². The summed E-state index contributed by atoms with van der Waals surface area (Å²) in [6.07, 6.45) is 6.49. The molecule has 1 atom stereocenters. The molecule has 106 valence electrons. The average molecular weight is 271 g/mol. The van der Waals surface area contributed by atoms with Crippen LogP contribution in [0.5, 0.6) is 0 Å². The molecule has 1 aliphatic rings. The molecule has 1 saturated heterocycles. The van der Waals surface area contributed by atoms with Gasteiger partial charge in [0.15, 0.2) is 0 Å². The van der Waals surface area contributed by atoms with E-state index < -0.39 is 5.60 Å². The fraction of sp³-hybridized carbons (Fsp3) is 0.438. The first-order valence-corrected chi connectivity index (χ1v) is 7.22. The Bertz CT molecular complexity index is 544. The van der Waals surface area contributed by atoms with Gasteiger partial charge in [-0.05, 0) is 30.5 Å². The highest BCUT2D eigenvalue weighted by Crippen LogP contribution is 2.21. The zero-order chi connectivity index (χ0) is 13.8. The lowest BCUT2D eigenvalue weighted by Gasteiger charge is -2.32. The van der Waals surface area contributed by atoms with Crippen LogP contribution in [0.2, 0.25) is 0 Å². The van der Waals surface area contributed by atoms with Crippen molar-refractivity contribution in [2.75, 3.05) is 13.1 Å². The summed E-state index contributed by atoms with van der Waals surface area (Å²) in [5.74, 6) is 0. The highest BCUT2D eigenvalue weighted by Gasteiger charge is 2.29. The molecule has 1 aromatic heterocycles. The van der Waals surface area contributed by atoms with E-state index in [4.69, 9.17) is 0 Å². The summed E-state index contributed by atoms with van der Waals surface area (Å²) in [4.78, 5) is 0. The number of rotatable bonds is 4. The minimum atomic E-state index is -0.612. The van der Waals surface area contributed by atoms with E-state index in [9.17, 15) is 5.11 Å². The van der Waals surface area contributed by atoms with Crippen LogP contribution in [0.15, 0.2) is 42.7 Å². The quantitative estimate of drug-likeness (QED) is 0.888. The first-order valence-electron chi connectivity index (χ1n) is 7.22. The van der Waals surface area contributed by atoms with E-state index >= 15 is 0 Å². The van der Waals surface area contributed by atoms with E-state index in [0.717, 1.165) is 31.5 Å². The molecule has 1 aliphatic heterocycles. The molecule has 0 aliphatic carbocycles. The highest BCUT2D eigenvalue weighted by molar-refractivity contribution is 5.16. The summed E-state index contributed by atoms with van der Waals surface area (Å²) in [5.41, 5.74) is 1.73. The van der Waals surface area contributed by atoms with Gasteiger partial charge in [0.05, 0.1) is 18.3 Å². The summed E-state index contributed by atoms with van der Waals surface area (Å²) in [6.45, 7) is 2.46. The number of aromatic nitrogens is 2. The van der Waals surface area contributed by atoms with E-state index in [1.165, 1.54) is 5.56 Å². The zero-order valence-electron chi connectivity index (χ0n) is 11.6. The van der Waals surface area contributed by atoms with Crippen molar-refractivity contribution in [2.45, 2.75) is 31.4 Å². The van der Waals surface area contributed by atoms with Gasteiger partial charge in [-0.3, -0.25) is 4.68 Å². The van der Waals surface area contributed by atoms with Crippen LogP contribution in [0.1, 0.15) is 24.0 Å². The number of nitrogens with one attached hydrogen (secondary N) is 1. The fourth-order valence-electron chi connectivity index (χ4n) is 2.84. The number of hydrogen-bond donors (Lipinski definition) is 2. The van der Waals surface area contributed by atoms with Crippen molar-refractivity contribution >= 4 is 0 Å². The molecular formula is C16H21N3O. The van der Waals surface area contributed by atoms with Crippen LogP contribution in [0.3, 0.4) is 0 Å². The Morgan fingerprint density at radius 2 is 2.10 bits per heavy atom. The molecule has 1 fully saturated rings. The SMILES string of the molecule is OC1(Cc2cnn(Cc3ccccc3)c2)CCCNC1. The molecule has 3 rings (SSSR count). The smallest absolute Gasteiger partial charge is 0.0813 e. The first-order chi connectivity index (χ1) is 9.73. The van der Waals surface area contributed by atoms with Crippen LogP contribution >= 0.6 is 0 Å². The van der Waals surface area contributed by atoms with Gasteiger partial charge in [-0.2, -0.15) is 5.10 Å². The number of aliphatic hydroxyl groups is 1. The maximum atomic E-state index is 10.5. The molecule has 0 amide bonds. The minimum Gasteiger partial charge on any atom is -0.388 e. The second-order valence-electron chi connectivity index (χ2n) is 5.71. The fourth-order valence-corrected chi connectivity index (χ4v) is 2.84. The summed E-state index contributed by atoms with van der Waals surface area (Å²) in [6, 6.07) is 10.3. The Morgan fingerprint density at radius 1 is 1.25 bits per heavy atom. The Morgan fingerprint density at radius 3 is 2.85 bits per heavy atom. The predicted octanol–water partition coefficient (Wildman–Crippen LogP) is 1.59. The average Bonchev–Trinajstić information content (AvgIpc) is 2.87. The van der Waals surface area contributed by atoms with Gasteiger partial charge in [0, 0.05) is 19.2 Å². The van der Waals surface area contributed by atoms with Gasteiger partial charge in [-0.15, -0.1) is 0 Å². The van der Waals surface area contributed by atoms with Crippen molar-refractivity contribution < 1.29 is 5.11 Å². The van der Waals surface area contributed by atoms with E-state index in [0.29, 0.717) is 13.0 Å². The van der Waals surface area contributed by atoms with Gasteiger partial charge in [-0.25, -0.2) is 0 Å². The third-order valence-corrected chi connectivity index (χ3v) is 3.86. The molecule has 2 aromatic rings. The highest BCUT2D eigenvalue weighted by atomic mass is 16.3. The molecule has 0 saturated carbocycles.